The number of rotatable bonds is 11. The van der Waals surface area contributed by atoms with Crippen LogP contribution in [0, 0.1) is 0 Å². The lowest BCUT2D eigenvalue weighted by Gasteiger charge is -2.08. The Labute approximate surface area is 160 Å². The lowest BCUT2D eigenvalue weighted by Crippen LogP contribution is -2.10. The molecule has 25 heavy (non-hydrogen) atoms. The molecule has 0 saturated carbocycles. The first kappa shape index (κ1) is 21.6. The molecule has 0 aliphatic carbocycles. The van der Waals surface area contributed by atoms with Gasteiger partial charge in [0.15, 0.2) is 0 Å². The van der Waals surface area contributed by atoms with Gasteiger partial charge in [-0.2, -0.15) is 0 Å². The van der Waals surface area contributed by atoms with Crippen LogP contribution >= 0.6 is 23.2 Å². The Morgan fingerprint density at radius 3 is 2.68 bits per heavy atom. The highest BCUT2D eigenvalue weighted by molar-refractivity contribution is 6.35. The fourth-order valence-electron chi connectivity index (χ4n) is 2.12. The maximum Gasteiger partial charge on any atom is 0.331 e. The highest BCUT2D eigenvalue weighted by Gasteiger charge is 2.03. The summed E-state index contributed by atoms with van der Waals surface area (Å²) in [5, 5.41) is 0.974. The van der Waals surface area contributed by atoms with E-state index in [-0.39, 0.29) is 19.2 Å². The summed E-state index contributed by atoms with van der Waals surface area (Å²) in [7, 11) is 0. The van der Waals surface area contributed by atoms with Gasteiger partial charge in [-0.1, -0.05) is 61.5 Å². The molecule has 5 heteroatoms. The fraction of sp³-hybridized carbons (Fsp3) is 0.450. The molecule has 1 rings (SSSR count). The highest BCUT2D eigenvalue weighted by atomic mass is 35.5. The van der Waals surface area contributed by atoms with Crippen molar-refractivity contribution >= 4 is 29.2 Å². The van der Waals surface area contributed by atoms with E-state index in [1.165, 1.54) is 31.8 Å². The Bertz CT molecular complexity index is 595. The lowest BCUT2D eigenvalue weighted by atomic mass is 10.1. The summed E-state index contributed by atoms with van der Waals surface area (Å²) in [6, 6.07) is 4.97. The zero-order valence-corrected chi connectivity index (χ0v) is 16.4. The molecule has 0 bridgehead atoms. The van der Waals surface area contributed by atoms with Crippen molar-refractivity contribution in [2.75, 3.05) is 13.2 Å². The van der Waals surface area contributed by atoms with Gasteiger partial charge in [-0.15, -0.1) is 0 Å². The SMILES string of the molecule is CCCCCC/C=C/C(C)=C/C(=O)OCCOc1ccc(Cl)cc1Cl. The summed E-state index contributed by atoms with van der Waals surface area (Å²) >= 11 is 11.8. The van der Waals surface area contributed by atoms with E-state index in [1.807, 2.05) is 13.0 Å². The van der Waals surface area contributed by atoms with E-state index in [9.17, 15) is 4.79 Å². The first-order valence-corrected chi connectivity index (χ1v) is 9.38. The molecule has 0 amide bonds. The third-order valence-corrected chi connectivity index (χ3v) is 3.96. The molecule has 0 unspecified atom stereocenters. The first-order chi connectivity index (χ1) is 12.0. The van der Waals surface area contributed by atoms with Crippen LogP contribution in [0.15, 0.2) is 42.0 Å². The lowest BCUT2D eigenvalue weighted by molar-refractivity contribution is -0.138. The first-order valence-electron chi connectivity index (χ1n) is 8.62. The number of benzene rings is 1. The van der Waals surface area contributed by atoms with Crippen LogP contribution in [0.4, 0.5) is 0 Å². The molecule has 0 aliphatic heterocycles. The predicted molar refractivity (Wildman–Crippen MR) is 105 cm³/mol. The van der Waals surface area contributed by atoms with Gasteiger partial charge in [0.1, 0.15) is 19.0 Å². The Morgan fingerprint density at radius 1 is 1.16 bits per heavy atom. The normalized spacial score (nSPS) is 11.8. The van der Waals surface area contributed by atoms with Crippen molar-refractivity contribution in [3.63, 3.8) is 0 Å². The summed E-state index contributed by atoms with van der Waals surface area (Å²) in [5.74, 6) is 0.138. The monoisotopic (exact) mass is 384 g/mol. The number of ether oxygens (including phenoxy) is 2. The van der Waals surface area contributed by atoms with Crippen LogP contribution in [0.25, 0.3) is 0 Å². The number of allylic oxidation sites excluding steroid dienone is 3. The molecule has 3 nitrogen and oxygen atoms in total. The molecule has 0 aliphatic rings. The molecule has 0 fully saturated rings. The van der Waals surface area contributed by atoms with Crippen molar-refractivity contribution in [2.24, 2.45) is 0 Å². The van der Waals surface area contributed by atoms with E-state index in [0.717, 1.165) is 12.0 Å². The molecule has 0 heterocycles. The molecule has 0 aromatic heterocycles. The van der Waals surface area contributed by atoms with E-state index in [4.69, 9.17) is 32.7 Å². The third-order valence-electron chi connectivity index (χ3n) is 3.43. The fourth-order valence-corrected chi connectivity index (χ4v) is 2.58. The van der Waals surface area contributed by atoms with E-state index in [2.05, 4.69) is 13.0 Å². The van der Waals surface area contributed by atoms with Gasteiger partial charge in [0.05, 0.1) is 5.02 Å². The van der Waals surface area contributed by atoms with Crippen LogP contribution in [-0.2, 0) is 9.53 Å². The zero-order chi connectivity index (χ0) is 18.5. The molecular weight excluding hydrogens is 359 g/mol. The van der Waals surface area contributed by atoms with Gasteiger partial charge in [-0.05, 0) is 43.5 Å². The molecular formula is C20H26Cl2O3. The average Bonchev–Trinajstić information content (AvgIpc) is 2.56. The minimum Gasteiger partial charge on any atom is -0.488 e. The molecule has 0 N–H and O–H groups in total. The minimum atomic E-state index is -0.376. The Morgan fingerprint density at radius 2 is 1.96 bits per heavy atom. The van der Waals surface area contributed by atoms with Gasteiger partial charge >= 0.3 is 5.97 Å². The second kappa shape index (κ2) is 12.8. The predicted octanol–water partition coefficient (Wildman–Crippen LogP) is 6.39. The van der Waals surface area contributed by atoms with Crippen molar-refractivity contribution in [3.05, 3.63) is 52.0 Å². The molecule has 0 saturated heterocycles. The second-order valence-electron chi connectivity index (χ2n) is 5.73. The molecule has 0 atom stereocenters. The standard InChI is InChI=1S/C20H26Cl2O3/c1-3-4-5-6-7-8-9-16(2)14-20(23)25-13-12-24-19-11-10-17(21)15-18(19)22/h8-11,14-15H,3-7,12-13H2,1-2H3/b9-8+,16-14+. The van der Waals surface area contributed by atoms with Gasteiger partial charge in [-0.3, -0.25) is 0 Å². The van der Waals surface area contributed by atoms with Crippen LogP contribution in [0.3, 0.4) is 0 Å². The second-order valence-corrected chi connectivity index (χ2v) is 6.57. The molecule has 1 aromatic rings. The number of hydrogen-bond acceptors (Lipinski definition) is 3. The van der Waals surface area contributed by atoms with Crippen LogP contribution in [0.5, 0.6) is 5.75 Å². The summed E-state index contributed by atoms with van der Waals surface area (Å²) in [6.07, 6.45) is 11.5. The quantitative estimate of drug-likeness (QED) is 0.192. The maximum atomic E-state index is 11.7. The maximum absolute atomic E-state index is 11.7. The molecule has 0 radical (unpaired) electrons. The van der Waals surface area contributed by atoms with Crippen molar-refractivity contribution in [2.45, 2.75) is 46.0 Å². The van der Waals surface area contributed by atoms with Crippen LogP contribution in [0.1, 0.15) is 46.0 Å². The van der Waals surface area contributed by atoms with E-state index in [1.54, 1.807) is 18.2 Å². The smallest absolute Gasteiger partial charge is 0.331 e. The topological polar surface area (TPSA) is 35.5 Å². The van der Waals surface area contributed by atoms with Crippen molar-refractivity contribution < 1.29 is 14.3 Å². The molecule has 1 aromatic carbocycles. The van der Waals surface area contributed by atoms with Gasteiger partial charge in [0.2, 0.25) is 0 Å². The number of carbonyl (C=O) groups is 1. The van der Waals surface area contributed by atoms with Crippen molar-refractivity contribution in [1.82, 2.24) is 0 Å². The van der Waals surface area contributed by atoms with E-state index in [0.29, 0.717) is 15.8 Å². The van der Waals surface area contributed by atoms with Crippen LogP contribution in [0.2, 0.25) is 10.0 Å². The summed E-state index contributed by atoms with van der Waals surface area (Å²) in [5.41, 5.74) is 0.877. The van der Waals surface area contributed by atoms with Crippen molar-refractivity contribution in [3.8, 4) is 5.75 Å². The van der Waals surface area contributed by atoms with Gasteiger partial charge < -0.3 is 9.47 Å². The summed E-state index contributed by atoms with van der Waals surface area (Å²) in [4.78, 5) is 11.7. The Balaban J connectivity index is 2.23. The number of hydrogen-bond donors (Lipinski definition) is 0. The highest BCUT2D eigenvalue weighted by Crippen LogP contribution is 2.27. The van der Waals surface area contributed by atoms with Gasteiger partial charge in [0.25, 0.3) is 0 Å². The largest absolute Gasteiger partial charge is 0.488 e. The van der Waals surface area contributed by atoms with Crippen LogP contribution in [-0.4, -0.2) is 19.2 Å². The van der Waals surface area contributed by atoms with Crippen molar-refractivity contribution in [1.29, 1.82) is 0 Å². The minimum absolute atomic E-state index is 0.155. The third kappa shape index (κ3) is 10.2. The van der Waals surface area contributed by atoms with Gasteiger partial charge in [-0.25, -0.2) is 4.79 Å². The molecule has 0 spiro atoms. The van der Waals surface area contributed by atoms with Gasteiger partial charge in [0, 0.05) is 11.1 Å². The van der Waals surface area contributed by atoms with Crippen LogP contribution < -0.4 is 4.74 Å². The Kier molecular flexibility index (Phi) is 11.1. The van der Waals surface area contributed by atoms with E-state index >= 15 is 0 Å². The number of esters is 1. The zero-order valence-electron chi connectivity index (χ0n) is 14.9. The number of halogens is 2. The summed E-state index contributed by atoms with van der Waals surface area (Å²) < 4.78 is 10.6. The van der Waals surface area contributed by atoms with E-state index < -0.39 is 0 Å². The number of carbonyl (C=O) groups excluding carboxylic acids is 1. The molecule has 138 valence electrons. The summed E-state index contributed by atoms with van der Waals surface area (Å²) in [6.45, 7) is 4.47. The number of unbranched alkanes of at least 4 members (excludes halogenated alkanes) is 4. The average molecular weight is 385 g/mol. The Hall–Kier alpha value is -1.45.